The molecule has 0 bridgehead atoms. The minimum atomic E-state index is 0.490. The van der Waals surface area contributed by atoms with Crippen LogP contribution in [0.3, 0.4) is 0 Å². The van der Waals surface area contributed by atoms with E-state index in [-0.39, 0.29) is 0 Å². The second-order valence-corrected chi connectivity index (χ2v) is 6.17. The zero-order valence-corrected chi connectivity index (χ0v) is 13.5. The second kappa shape index (κ2) is 8.20. The van der Waals surface area contributed by atoms with Crippen LogP contribution in [0.5, 0.6) is 0 Å². The molecule has 1 aromatic rings. The van der Waals surface area contributed by atoms with Crippen molar-refractivity contribution in [3.8, 4) is 0 Å². The Morgan fingerprint density at radius 2 is 2.06 bits per heavy atom. The summed E-state index contributed by atoms with van der Waals surface area (Å²) >= 11 is 8.47. The molecule has 17 heavy (non-hydrogen) atoms. The van der Waals surface area contributed by atoms with Gasteiger partial charge in [-0.1, -0.05) is 44.2 Å². The van der Waals surface area contributed by atoms with Gasteiger partial charge in [0, 0.05) is 9.61 Å². The van der Waals surface area contributed by atoms with Crippen LogP contribution in [-0.2, 0) is 0 Å². The van der Waals surface area contributed by atoms with E-state index in [0.29, 0.717) is 6.04 Å². The summed E-state index contributed by atoms with van der Waals surface area (Å²) in [6.45, 7) is 4.47. The molecule has 1 aromatic carbocycles. The number of halogens is 2. The Labute approximate surface area is 123 Å². The highest BCUT2D eigenvalue weighted by Gasteiger charge is 2.05. The number of nitrogens with one attached hydrogen (secondary N) is 1. The summed E-state index contributed by atoms with van der Waals surface area (Å²) in [7, 11) is 0. The fraction of sp³-hybridized carbons (Fsp3) is 0.571. The molecule has 3 heteroatoms. The van der Waals surface area contributed by atoms with Crippen LogP contribution in [0.4, 0.5) is 5.69 Å². The Morgan fingerprint density at radius 3 is 2.71 bits per heavy atom. The lowest BCUT2D eigenvalue weighted by Crippen LogP contribution is -2.15. The van der Waals surface area contributed by atoms with Crippen LogP contribution in [0.15, 0.2) is 18.2 Å². The van der Waals surface area contributed by atoms with Crippen LogP contribution >= 0.6 is 34.2 Å². The van der Waals surface area contributed by atoms with Crippen molar-refractivity contribution in [3.05, 3.63) is 26.8 Å². The van der Waals surface area contributed by atoms with Gasteiger partial charge >= 0.3 is 0 Å². The van der Waals surface area contributed by atoms with E-state index in [4.69, 9.17) is 11.6 Å². The Balaban J connectivity index is 2.37. The van der Waals surface area contributed by atoms with Crippen molar-refractivity contribution in [1.29, 1.82) is 0 Å². The van der Waals surface area contributed by atoms with Crippen molar-refractivity contribution in [3.63, 3.8) is 0 Å². The highest BCUT2D eigenvalue weighted by Crippen LogP contribution is 2.25. The summed E-state index contributed by atoms with van der Waals surface area (Å²) in [5.74, 6) is 0. The molecule has 0 saturated carbocycles. The van der Waals surface area contributed by atoms with Crippen molar-refractivity contribution < 1.29 is 0 Å². The van der Waals surface area contributed by atoms with Crippen LogP contribution in [0.1, 0.15) is 46.0 Å². The molecule has 1 unspecified atom stereocenters. The van der Waals surface area contributed by atoms with E-state index in [1.165, 1.54) is 35.7 Å². The number of unbranched alkanes of at least 4 members (excludes halogenated alkanes) is 3. The summed E-state index contributed by atoms with van der Waals surface area (Å²) in [4.78, 5) is 0. The van der Waals surface area contributed by atoms with E-state index in [9.17, 15) is 0 Å². The predicted octanol–water partition coefficient (Wildman–Crippen LogP) is 5.72. The first-order valence-electron chi connectivity index (χ1n) is 6.35. The highest BCUT2D eigenvalue weighted by molar-refractivity contribution is 14.1. The third kappa shape index (κ3) is 5.96. The minimum absolute atomic E-state index is 0.490. The van der Waals surface area contributed by atoms with Gasteiger partial charge in [-0.15, -0.1) is 0 Å². The highest BCUT2D eigenvalue weighted by atomic mass is 127. The maximum Gasteiger partial charge on any atom is 0.0648 e. The molecule has 0 amide bonds. The molecule has 1 N–H and O–H groups in total. The van der Waals surface area contributed by atoms with Gasteiger partial charge in [-0.25, -0.2) is 0 Å². The Bertz CT molecular complexity index is 341. The summed E-state index contributed by atoms with van der Waals surface area (Å²) in [6.07, 6.45) is 6.48. The predicted molar refractivity (Wildman–Crippen MR) is 86.0 cm³/mol. The topological polar surface area (TPSA) is 12.0 Å². The minimum Gasteiger partial charge on any atom is -0.381 e. The van der Waals surface area contributed by atoms with Crippen molar-refractivity contribution in [2.75, 3.05) is 5.32 Å². The van der Waals surface area contributed by atoms with Gasteiger partial charge in [-0.3, -0.25) is 0 Å². The zero-order chi connectivity index (χ0) is 12.7. The van der Waals surface area contributed by atoms with Crippen molar-refractivity contribution in [2.45, 2.75) is 52.0 Å². The molecule has 0 aromatic heterocycles. The molecular weight excluding hydrogens is 345 g/mol. The number of hydrogen-bond acceptors (Lipinski definition) is 1. The quantitative estimate of drug-likeness (QED) is 0.481. The van der Waals surface area contributed by atoms with Crippen LogP contribution in [0.25, 0.3) is 0 Å². The van der Waals surface area contributed by atoms with Gasteiger partial charge in [-0.2, -0.15) is 0 Å². The molecule has 0 fully saturated rings. The SMILES string of the molecule is CCCCCCC(C)Nc1ccc(I)cc1Cl. The molecule has 1 atom stereocenters. The fourth-order valence-corrected chi connectivity index (χ4v) is 2.73. The molecule has 0 radical (unpaired) electrons. The molecule has 0 spiro atoms. The standard InChI is InChI=1S/C14H21ClIN/c1-3-4-5-6-7-11(2)17-14-9-8-12(16)10-13(14)15/h8-11,17H,3-7H2,1-2H3. The maximum atomic E-state index is 6.19. The molecule has 1 rings (SSSR count). The summed E-state index contributed by atoms with van der Waals surface area (Å²) in [5.41, 5.74) is 1.05. The van der Waals surface area contributed by atoms with Gasteiger partial charge in [0.05, 0.1) is 10.7 Å². The Morgan fingerprint density at radius 1 is 1.29 bits per heavy atom. The number of anilines is 1. The van der Waals surface area contributed by atoms with Crippen LogP contribution in [0.2, 0.25) is 5.02 Å². The van der Waals surface area contributed by atoms with E-state index in [2.05, 4.69) is 53.9 Å². The first-order valence-corrected chi connectivity index (χ1v) is 7.80. The lowest BCUT2D eigenvalue weighted by atomic mass is 10.1. The van der Waals surface area contributed by atoms with Crippen LogP contribution in [0, 0.1) is 3.57 Å². The fourth-order valence-electron chi connectivity index (χ4n) is 1.82. The monoisotopic (exact) mass is 365 g/mol. The number of benzene rings is 1. The van der Waals surface area contributed by atoms with E-state index in [0.717, 1.165) is 10.7 Å². The lowest BCUT2D eigenvalue weighted by molar-refractivity contribution is 0.594. The van der Waals surface area contributed by atoms with Crippen LogP contribution < -0.4 is 5.32 Å². The Kier molecular flexibility index (Phi) is 7.28. The van der Waals surface area contributed by atoms with Gasteiger partial charge in [0.25, 0.3) is 0 Å². The summed E-state index contributed by atoms with van der Waals surface area (Å²) in [5, 5.41) is 4.30. The van der Waals surface area contributed by atoms with Crippen LogP contribution in [-0.4, -0.2) is 6.04 Å². The van der Waals surface area contributed by atoms with E-state index >= 15 is 0 Å². The van der Waals surface area contributed by atoms with Gasteiger partial charge in [0.1, 0.15) is 0 Å². The smallest absolute Gasteiger partial charge is 0.0648 e. The molecule has 0 aliphatic carbocycles. The first kappa shape index (κ1) is 15.1. The lowest BCUT2D eigenvalue weighted by Gasteiger charge is -2.16. The van der Waals surface area contributed by atoms with Gasteiger partial charge in [0.15, 0.2) is 0 Å². The summed E-state index contributed by atoms with van der Waals surface area (Å²) < 4.78 is 1.17. The molecule has 1 nitrogen and oxygen atoms in total. The number of hydrogen-bond donors (Lipinski definition) is 1. The van der Waals surface area contributed by atoms with Gasteiger partial charge in [0.2, 0.25) is 0 Å². The third-order valence-electron chi connectivity index (χ3n) is 2.82. The third-order valence-corrected chi connectivity index (χ3v) is 3.81. The first-order chi connectivity index (χ1) is 8.13. The normalized spacial score (nSPS) is 12.5. The summed E-state index contributed by atoms with van der Waals surface area (Å²) in [6, 6.07) is 6.63. The molecule has 0 aliphatic heterocycles. The van der Waals surface area contributed by atoms with E-state index in [1.54, 1.807) is 0 Å². The Hall–Kier alpha value is 0.0400. The largest absolute Gasteiger partial charge is 0.381 e. The van der Waals surface area contributed by atoms with Gasteiger partial charge < -0.3 is 5.32 Å². The maximum absolute atomic E-state index is 6.19. The van der Waals surface area contributed by atoms with Gasteiger partial charge in [-0.05, 0) is 54.1 Å². The average molecular weight is 366 g/mol. The van der Waals surface area contributed by atoms with Crippen molar-refractivity contribution in [2.24, 2.45) is 0 Å². The molecular formula is C14H21ClIN. The molecule has 0 saturated heterocycles. The zero-order valence-electron chi connectivity index (χ0n) is 10.6. The average Bonchev–Trinajstić information content (AvgIpc) is 2.28. The number of rotatable bonds is 7. The molecule has 0 aliphatic rings. The molecule has 96 valence electrons. The van der Waals surface area contributed by atoms with Crippen molar-refractivity contribution in [1.82, 2.24) is 0 Å². The van der Waals surface area contributed by atoms with E-state index < -0.39 is 0 Å². The van der Waals surface area contributed by atoms with Crippen molar-refractivity contribution >= 4 is 39.9 Å². The van der Waals surface area contributed by atoms with E-state index in [1.807, 2.05) is 6.07 Å². The second-order valence-electron chi connectivity index (χ2n) is 4.52. The molecule has 0 heterocycles.